The van der Waals surface area contributed by atoms with Crippen molar-refractivity contribution in [3.63, 3.8) is 0 Å². The van der Waals surface area contributed by atoms with Crippen LogP contribution in [-0.2, 0) is 0 Å². The third-order valence-electron chi connectivity index (χ3n) is 2.75. The quantitative estimate of drug-likeness (QED) is 0.719. The van der Waals surface area contributed by atoms with Crippen molar-refractivity contribution in [2.45, 2.75) is 0 Å². The Labute approximate surface area is 118 Å². The van der Waals surface area contributed by atoms with E-state index in [4.69, 9.17) is 23.2 Å². The van der Waals surface area contributed by atoms with Crippen molar-refractivity contribution in [1.29, 1.82) is 0 Å². The molecule has 96 valence electrons. The van der Waals surface area contributed by atoms with Gasteiger partial charge in [0.15, 0.2) is 0 Å². The van der Waals surface area contributed by atoms with Crippen molar-refractivity contribution < 1.29 is 10.2 Å². The minimum Gasteiger partial charge on any atom is -0.508 e. The third kappa shape index (κ3) is 1.99. The lowest BCUT2D eigenvalue weighted by atomic mass is 10.2. The molecular formula is C13H8Cl2N2O2. The van der Waals surface area contributed by atoms with E-state index >= 15 is 0 Å². The summed E-state index contributed by atoms with van der Waals surface area (Å²) in [5, 5.41) is 24.4. The van der Waals surface area contributed by atoms with Crippen molar-refractivity contribution in [3.8, 4) is 17.2 Å². The Hall–Kier alpha value is -1.91. The number of fused-ring (bicyclic) bond motifs is 1. The van der Waals surface area contributed by atoms with E-state index < -0.39 is 0 Å². The molecule has 0 aliphatic rings. The van der Waals surface area contributed by atoms with E-state index in [-0.39, 0.29) is 11.5 Å². The van der Waals surface area contributed by atoms with Gasteiger partial charge in [-0.2, -0.15) is 5.10 Å². The van der Waals surface area contributed by atoms with Crippen LogP contribution < -0.4 is 0 Å². The first kappa shape index (κ1) is 12.1. The monoisotopic (exact) mass is 294 g/mol. The van der Waals surface area contributed by atoms with Gasteiger partial charge in [-0.3, -0.25) is 0 Å². The number of nitrogens with zero attached hydrogens (tertiary/aromatic N) is 2. The minimum absolute atomic E-state index is 0.0321. The van der Waals surface area contributed by atoms with Crippen LogP contribution in [0.3, 0.4) is 0 Å². The Morgan fingerprint density at radius 1 is 0.947 bits per heavy atom. The summed E-state index contributed by atoms with van der Waals surface area (Å²) in [5.74, 6) is 0.192. The number of aromatic hydroxyl groups is 2. The largest absolute Gasteiger partial charge is 0.508 e. The van der Waals surface area contributed by atoms with E-state index in [2.05, 4.69) is 5.10 Å². The first-order chi connectivity index (χ1) is 9.06. The molecule has 19 heavy (non-hydrogen) atoms. The van der Waals surface area contributed by atoms with Gasteiger partial charge in [0.1, 0.15) is 22.2 Å². The molecule has 0 bridgehead atoms. The van der Waals surface area contributed by atoms with E-state index in [9.17, 15) is 10.2 Å². The van der Waals surface area contributed by atoms with E-state index in [1.807, 2.05) is 0 Å². The van der Waals surface area contributed by atoms with E-state index in [0.717, 1.165) is 0 Å². The molecule has 0 unspecified atom stereocenters. The maximum absolute atomic E-state index is 9.54. The number of benzene rings is 2. The van der Waals surface area contributed by atoms with Crippen molar-refractivity contribution in [3.05, 3.63) is 46.6 Å². The number of phenols is 2. The van der Waals surface area contributed by atoms with Gasteiger partial charge in [-0.1, -0.05) is 23.2 Å². The van der Waals surface area contributed by atoms with Crippen LogP contribution in [0, 0.1) is 0 Å². The normalized spacial score (nSPS) is 11.1. The Morgan fingerprint density at radius 2 is 1.63 bits per heavy atom. The molecule has 1 heterocycles. The van der Waals surface area contributed by atoms with Crippen LogP contribution >= 0.6 is 23.2 Å². The van der Waals surface area contributed by atoms with Crippen molar-refractivity contribution >= 4 is 34.1 Å². The summed E-state index contributed by atoms with van der Waals surface area (Å²) in [4.78, 5) is 0. The van der Waals surface area contributed by atoms with Crippen molar-refractivity contribution in [1.82, 2.24) is 9.78 Å². The van der Waals surface area contributed by atoms with E-state index in [1.165, 1.54) is 28.9 Å². The summed E-state index contributed by atoms with van der Waals surface area (Å²) in [7, 11) is 0. The summed E-state index contributed by atoms with van der Waals surface area (Å²) < 4.78 is 1.50. The number of hydrogen-bond donors (Lipinski definition) is 2. The Balaban J connectivity index is 2.28. The fraction of sp³-hybridized carbons (Fsp3) is 0. The summed E-state index contributed by atoms with van der Waals surface area (Å²) in [5.41, 5.74) is 1.20. The second-order valence-corrected chi connectivity index (χ2v) is 4.81. The molecule has 0 atom stereocenters. The van der Waals surface area contributed by atoms with Crippen LogP contribution in [0.5, 0.6) is 11.5 Å². The molecule has 3 rings (SSSR count). The highest BCUT2D eigenvalue weighted by Gasteiger charge is 2.14. The van der Waals surface area contributed by atoms with Crippen LogP contribution in [0.25, 0.3) is 16.6 Å². The molecule has 0 spiro atoms. The van der Waals surface area contributed by atoms with E-state index in [0.29, 0.717) is 26.8 Å². The highest BCUT2D eigenvalue weighted by molar-refractivity contribution is 6.39. The molecule has 2 N–H and O–H groups in total. The van der Waals surface area contributed by atoms with Crippen LogP contribution in [0.1, 0.15) is 0 Å². The Morgan fingerprint density at radius 3 is 2.32 bits per heavy atom. The van der Waals surface area contributed by atoms with Crippen LogP contribution in [0.2, 0.25) is 10.2 Å². The van der Waals surface area contributed by atoms with Crippen molar-refractivity contribution in [2.24, 2.45) is 0 Å². The van der Waals surface area contributed by atoms with Gasteiger partial charge in [-0.15, -0.1) is 0 Å². The zero-order valence-corrected chi connectivity index (χ0v) is 11.0. The van der Waals surface area contributed by atoms with Crippen LogP contribution in [0.15, 0.2) is 36.4 Å². The minimum atomic E-state index is 0.0321. The SMILES string of the molecule is Oc1ccc(-n2nc3c(Cl)cc(O)cc3c2Cl)cc1. The summed E-state index contributed by atoms with van der Waals surface area (Å²) in [6.45, 7) is 0. The molecule has 1 aromatic heterocycles. The predicted molar refractivity (Wildman–Crippen MR) is 74.4 cm³/mol. The molecule has 2 aromatic carbocycles. The van der Waals surface area contributed by atoms with Gasteiger partial charge in [0.2, 0.25) is 0 Å². The lowest BCUT2D eigenvalue weighted by Crippen LogP contribution is -1.95. The molecule has 0 saturated heterocycles. The topological polar surface area (TPSA) is 58.3 Å². The molecule has 3 aromatic rings. The number of rotatable bonds is 1. The van der Waals surface area contributed by atoms with Gasteiger partial charge < -0.3 is 10.2 Å². The van der Waals surface area contributed by atoms with Gasteiger partial charge >= 0.3 is 0 Å². The molecule has 0 aliphatic heterocycles. The number of phenolic OH excluding ortho intramolecular Hbond substituents is 2. The van der Waals surface area contributed by atoms with Crippen LogP contribution in [-0.4, -0.2) is 20.0 Å². The van der Waals surface area contributed by atoms with Crippen molar-refractivity contribution in [2.75, 3.05) is 0 Å². The average molecular weight is 295 g/mol. The predicted octanol–water partition coefficient (Wildman–Crippen LogP) is 3.74. The zero-order valence-electron chi connectivity index (χ0n) is 9.51. The number of hydrogen-bond acceptors (Lipinski definition) is 3. The molecule has 0 aliphatic carbocycles. The summed E-state index contributed by atoms with van der Waals surface area (Å²) in [6.07, 6.45) is 0. The maximum atomic E-state index is 9.54. The molecule has 0 saturated carbocycles. The average Bonchev–Trinajstić information content (AvgIpc) is 2.69. The molecule has 4 nitrogen and oxygen atoms in total. The second kappa shape index (κ2) is 4.33. The highest BCUT2D eigenvalue weighted by atomic mass is 35.5. The number of halogens is 2. The van der Waals surface area contributed by atoms with Gasteiger partial charge in [-0.25, -0.2) is 4.68 Å². The van der Waals surface area contributed by atoms with Gasteiger partial charge in [0.25, 0.3) is 0 Å². The van der Waals surface area contributed by atoms with Gasteiger partial charge in [-0.05, 0) is 30.3 Å². The lowest BCUT2D eigenvalue weighted by Gasteiger charge is -2.02. The second-order valence-electron chi connectivity index (χ2n) is 4.04. The van der Waals surface area contributed by atoms with Crippen LogP contribution in [0.4, 0.5) is 0 Å². The summed E-state index contributed by atoms with van der Waals surface area (Å²) >= 11 is 12.3. The number of aromatic nitrogens is 2. The molecule has 0 amide bonds. The Kier molecular flexibility index (Phi) is 2.77. The van der Waals surface area contributed by atoms with Gasteiger partial charge in [0.05, 0.1) is 10.7 Å². The van der Waals surface area contributed by atoms with Gasteiger partial charge in [0, 0.05) is 11.5 Å². The standard InChI is InChI=1S/C13H8Cl2N2O2/c14-11-6-9(19)5-10-12(11)16-17(13(10)15)7-1-3-8(18)4-2-7/h1-6,18-19H. The fourth-order valence-electron chi connectivity index (χ4n) is 1.87. The lowest BCUT2D eigenvalue weighted by molar-refractivity contribution is 0.475. The maximum Gasteiger partial charge on any atom is 0.140 e. The smallest absolute Gasteiger partial charge is 0.140 e. The van der Waals surface area contributed by atoms with E-state index in [1.54, 1.807) is 12.1 Å². The first-order valence-corrected chi connectivity index (χ1v) is 6.18. The third-order valence-corrected chi connectivity index (χ3v) is 3.40. The fourth-order valence-corrected chi connectivity index (χ4v) is 2.40. The summed E-state index contributed by atoms with van der Waals surface area (Å²) in [6, 6.07) is 9.36. The highest BCUT2D eigenvalue weighted by Crippen LogP contribution is 2.34. The molecule has 6 heteroatoms. The first-order valence-electron chi connectivity index (χ1n) is 5.42. The zero-order chi connectivity index (χ0) is 13.6. The molecule has 0 radical (unpaired) electrons. The molecular weight excluding hydrogens is 287 g/mol. The Bertz CT molecular complexity index is 766. The molecule has 0 fully saturated rings.